The molecular formula is C11H15N3O2. The van der Waals surface area contributed by atoms with Gasteiger partial charge < -0.3 is 15.4 Å². The molecule has 0 spiro atoms. The lowest BCUT2D eigenvalue weighted by atomic mass is 10.2. The summed E-state index contributed by atoms with van der Waals surface area (Å²) in [7, 11) is 3.70. The Morgan fingerprint density at radius 2 is 2.19 bits per heavy atom. The van der Waals surface area contributed by atoms with E-state index >= 15 is 0 Å². The maximum atomic E-state index is 11.3. The molecule has 5 heteroatoms. The second-order valence-corrected chi connectivity index (χ2v) is 4.11. The van der Waals surface area contributed by atoms with Crippen LogP contribution < -0.4 is 15.4 Å². The molecule has 1 amide bonds. The Morgan fingerprint density at radius 3 is 2.69 bits per heavy atom. The number of carbonyl (C=O) groups is 1. The first-order valence-electron chi connectivity index (χ1n) is 5.21. The highest BCUT2D eigenvalue weighted by atomic mass is 16.5. The molecule has 1 aliphatic carbocycles. The van der Waals surface area contributed by atoms with Crippen LogP contribution in [-0.4, -0.2) is 31.1 Å². The number of anilines is 1. The van der Waals surface area contributed by atoms with Crippen molar-refractivity contribution in [3.8, 4) is 5.75 Å². The van der Waals surface area contributed by atoms with Crippen molar-refractivity contribution in [2.45, 2.75) is 18.9 Å². The number of nitrogens with two attached hydrogens (primary N) is 1. The molecular weight excluding hydrogens is 206 g/mol. The highest BCUT2D eigenvalue weighted by Crippen LogP contribution is 2.34. The van der Waals surface area contributed by atoms with Gasteiger partial charge in [0.2, 0.25) is 0 Å². The van der Waals surface area contributed by atoms with Crippen LogP contribution in [0.25, 0.3) is 0 Å². The first kappa shape index (κ1) is 10.7. The van der Waals surface area contributed by atoms with E-state index in [0.29, 0.717) is 17.0 Å². The summed E-state index contributed by atoms with van der Waals surface area (Å²) in [6, 6.07) is 0. The monoisotopic (exact) mass is 221 g/mol. The molecule has 0 bridgehead atoms. The SMILES string of the molecule is CN(C)c1c(OC2CC2)cncc1C(N)=O. The third-order valence-corrected chi connectivity index (χ3v) is 2.41. The number of hydrogen-bond acceptors (Lipinski definition) is 4. The van der Waals surface area contributed by atoms with Crippen molar-refractivity contribution in [1.82, 2.24) is 4.98 Å². The predicted octanol–water partition coefficient (Wildman–Crippen LogP) is 0.788. The number of nitrogens with zero attached hydrogens (tertiary/aromatic N) is 2. The number of rotatable bonds is 4. The molecule has 1 aliphatic rings. The fourth-order valence-corrected chi connectivity index (χ4v) is 1.53. The van der Waals surface area contributed by atoms with Crippen LogP contribution in [0, 0.1) is 0 Å². The van der Waals surface area contributed by atoms with Crippen molar-refractivity contribution >= 4 is 11.6 Å². The summed E-state index contributed by atoms with van der Waals surface area (Å²) in [4.78, 5) is 17.1. The number of ether oxygens (including phenoxy) is 1. The Labute approximate surface area is 94.2 Å². The molecule has 1 saturated carbocycles. The molecule has 2 rings (SSSR count). The second-order valence-electron chi connectivity index (χ2n) is 4.11. The summed E-state index contributed by atoms with van der Waals surface area (Å²) in [5.74, 6) is 0.140. The first-order valence-corrected chi connectivity index (χ1v) is 5.21. The quantitative estimate of drug-likeness (QED) is 0.816. The molecule has 0 atom stereocenters. The number of hydrogen-bond donors (Lipinski definition) is 1. The molecule has 0 saturated heterocycles. The van der Waals surface area contributed by atoms with Gasteiger partial charge in [-0.1, -0.05) is 0 Å². The molecule has 0 radical (unpaired) electrons. The molecule has 2 N–H and O–H groups in total. The van der Waals surface area contributed by atoms with Crippen LogP contribution in [0.4, 0.5) is 5.69 Å². The van der Waals surface area contributed by atoms with Gasteiger partial charge in [-0.2, -0.15) is 0 Å². The summed E-state index contributed by atoms with van der Waals surface area (Å²) in [6.07, 6.45) is 5.49. The molecule has 0 unspecified atom stereocenters. The minimum Gasteiger partial charge on any atom is -0.487 e. The second kappa shape index (κ2) is 4.00. The molecule has 1 fully saturated rings. The van der Waals surface area contributed by atoms with Crippen LogP contribution >= 0.6 is 0 Å². The van der Waals surface area contributed by atoms with Crippen molar-refractivity contribution in [1.29, 1.82) is 0 Å². The van der Waals surface area contributed by atoms with E-state index in [1.54, 1.807) is 6.20 Å². The largest absolute Gasteiger partial charge is 0.487 e. The van der Waals surface area contributed by atoms with Crippen molar-refractivity contribution in [2.75, 3.05) is 19.0 Å². The molecule has 16 heavy (non-hydrogen) atoms. The van der Waals surface area contributed by atoms with Crippen LogP contribution in [0.2, 0.25) is 0 Å². The van der Waals surface area contributed by atoms with E-state index in [4.69, 9.17) is 10.5 Å². The molecule has 0 aromatic carbocycles. The third-order valence-electron chi connectivity index (χ3n) is 2.41. The average molecular weight is 221 g/mol. The minimum atomic E-state index is -0.488. The van der Waals surface area contributed by atoms with Gasteiger partial charge >= 0.3 is 0 Å². The number of aromatic nitrogens is 1. The van der Waals surface area contributed by atoms with Crippen molar-refractivity contribution in [3.63, 3.8) is 0 Å². The topological polar surface area (TPSA) is 68.4 Å². The Bertz CT molecular complexity index is 414. The van der Waals surface area contributed by atoms with Crippen molar-refractivity contribution in [3.05, 3.63) is 18.0 Å². The lowest BCUT2D eigenvalue weighted by molar-refractivity contribution is 0.1000. The Morgan fingerprint density at radius 1 is 1.50 bits per heavy atom. The van der Waals surface area contributed by atoms with Crippen LogP contribution in [0.3, 0.4) is 0 Å². The molecule has 0 aliphatic heterocycles. The summed E-state index contributed by atoms with van der Waals surface area (Å²) in [5.41, 5.74) is 6.40. The lowest BCUT2D eigenvalue weighted by Gasteiger charge is -2.19. The zero-order valence-electron chi connectivity index (χ0n) is 9.43. The highest BCUT2D eigenvalue weighted by Gasteiger charge is 2.26. The molecule has 1 aromatic rings. The maximum Gasteiger partial charge on any atom is 0.252 e. The van der Waals surface area contributed by atoms with Crippen LogP contribution in [0.15, 0.2) is 12.4 Å². The van der Waals surface area contributed by atoms with Gasteiger partial charge in [-0.25, -0.2) is 0 Å². The Hall–Kier alpha value is -1.78. The van der Waals surface area contributed by atoms with Gasteiger partial charge in [0.1, 0.15) is 0 Å². The van der Waals surface area contributed by atoms with E-state index in [1.807, 2.05) is 19.0 Å². The summed E-state index contributed by atoms with van der Waals surface area (Å²) in [5, 5.41) is 0. The van der Waals surface area contributed by atoms with Gasteiger partial charge in [0.15, 0.2) is 5.75 Å². The number of carbonyl (C=O) groups excluding carboxylic acids is 1. The minimum absolute atomic E-state index is 0.267. The Kier molecular flexibility index (Phi) is 2.68. The van der Waals surface area contributed by atoms with E-state index in [-0.39, 0.29) is 6.10 Å². The number of amides is 1. The maximum absolute atomic E-state index is 11.3. The van der Waals surface area contributed by atoms with Crippen LogP contribution in [0.1, 0.15) is 23.2 Å². The van der Waals surface area contributed by atoms with E-state index < -0.39 is 5.91 Å². The van der Waals surface area contributed by atoms with Crippen molar-refractivity contribution in [2.24, 2.45) is 5.73 Å². The molecule has 5 nitrogen and oxygen atoms in total. The average Bonchev–Trinajstić information content (AvgIpc) is 3.00. The summed E-state index contributed by atoms with van der Waals surface area (Å²) < 4.78 is 5.70. The van der Waals surface area contributed by atoms with E-state index in [9.17, 15) is 4.79 Å². The Balaban J connectivity index is 2.41. The van der Waals surface area contributed by atoms with Crippen LogP contribution in [0.5, 0.6) is 5.75 Å². The van der Waals surface area contributed by atoms with Gasteiger partial charge in [-0.15, -0.1) is 0 Å². The molecule has 1 heterocycles. The fourth-order valence-electron chi connectivity index (χ4n) is 1.53. The standard InChI is InChI=1S/C11H15N3O2/c1-14(2)10-8(11(12)15)5-13-6-9(10)16-7-3-4-7/h5-7H,3-4H2,1-2H3,(H2,12,15). The normalized spacial score (nSPS) is 14.6. The third kappa shape index (κ3) is 2.08. The van der Waals surface area contributed by atoms with Gasteiger partial charge in [-0.3, -0.25) is 9.78 Å². The zero-order valence-corrected chi connectivity index (χ0v) is 9.43. The molecule has 1 aromatic heterocycles. The van der Waals surface area contributed by atoms with E-state index in [2.05, 4.69) is 4.98 Å². The number of pyridine rings is 1. The lowest BCUT2D eigenvalue weighted by Crippen LogP contribution is -2.20. The number of primary amides is 1. The zero-order chi connectivity index (χ0) is 11.7. The first-order chi connectivity index (χ1) is 7.59. The molecule has 86 valence electrons. The highest BCUT2D eigenvalue weighted by molar-refractivity contribution is 5.99. The van der Waals surface area contributed by atoms with Crippen molar-refractivity contribution < 1.29 is 9.53 Å². The van der Waals surface area contributed by atoms with Gasteiger partial charge in [0.25, 0.3) is 5.91 Å². The fraction of sp³-hybridized carbons (Fsp3) is 0.455. The summed E-state index contributed by atoms with van der Waals surface area (Å²) >= 11 is 0. The summed E-state index contributed by atoms with van der Waals surface area (Å²) in [6.45, 7) is 0. The van der Waals surface area contributed by atoms with Crippen LogP contribution in [-0.2, 0) is 0 Å². The van der Waals surface area contributed by atoms with E-state index in [0.717, 1.165) is 12.8 Å². The smallest absolute Gasteiger partial charge is 0.252 e. The van der Waals surface area contributed by atoms with Gasteiger partial charge in [0, 0.05) is 20.3 Å². The predicted molar refractivity (Wildman–Crippen MR) is 60.7 cm³/mol. The van der Waals surface area contributed by atoms with E-state index in [1.165, 1.54) is 6.20 Å². The van der Waals surface area contributed by atoms with Gasteiger partial charge in [0.05, 0.1) is 23.6 Å². The van der Waals surface area contributed by atoms with Gasteiger partial charge in [-0.05, 0) is 12.8 Å².